The van der Waals surface area contributed by atoms with Crippen LogP contribution in [0, 0.1) is 0 Å². The summed E-state index contributed by atoms with van der Waals surface area (Å²) in [6.45, 7) is 6.49. The second kappa shape index (κ2) is 8.55. The van der Waals surface area contributed by atoms with Gasteiger partial charge in [-0.2, -0.15) is 0 Å². The summed E-state index contributed by atoms with van der Waals surface area (Å²) in [5.41, 5.74) is 0.307. The molecule has 0 radical (unpaired) electrons. The highest BCUT2D eigenvalue weighted by molar-refractivity contribution is 5.90. The fourth-order valence-corrected chi connectivity index (χ4v) is 2.33. The number of rotatable bonds is 8. The molecule has 1 aliphatic rings. The smallest absolute Gasteiger partial charge is 0.412 e. The molecule has 0 aliphatic carbocycles. The minimum Gasteiger partial charge on any atom is -0.490 e. The molecule has 1 heterocycles. The van der Waals surface area contributed by atoms with Crippen LogP contribution >= 0.6 is 0 Å². The molecular weight excluding hydrogens is 350 g/mol. The van der Waals surface area contributed by atoms with Gasteiger partial charge in [0.25, 0.3) is 0 Å². The predicted octanol–water partition coefficient (Wildman–Crippen LogP) is 2.83. The van der Waals surface area contributed by atoms with Crippen LogP contribution in [0.3, 0.4) is 0 Å². The molecule has 1 fully saturated rings. The molecule has 27 heavy (non-hydrogen) atoms. The molecule has 3 rings (SSSR count). The largest absolute Gasteiger partial charge is 0.490 e. The van der Waals surface area contributed by atoms with Crippen LogP contribution in [-0.2, 0) is 14.3 Å². The standard InChI is InChI=1S/C20H21NO6/c1-13(2)19(22)24-9-8-21-20(23)27-15-6-7-17-14(10-15)4-3-5-18(17)26-12-16-11-25-16/h3-7,10,16H,1,8-9,11-12H2,2H3,(H,21,23). The summed E-state index contributed by atoms with van der Waals surface area (Å²) >= 11 is 0. The van der Waals surface area contributed by atoms with E-state index in [9.17, 15) is 9.59 Å². The normalized spacial score (nSPS) is 15.1. The molecule has 142 valence electrons. The van der Waals surface area contributed by atoms with Gasteiger partial charge in [0.15, 0.2) is 0 Å². The lowest BCUT2D eigenvalue weighted by Crippen LogP contribution is -2.30. The molecule has 2 aromatic carbocycles. The maximum atomic E-state index is 11.8. The number of carbonyl (C=O) groups is 2. The van der Waals surface area contributed by atoms with E-state index in [1.54, 1.807) is 19.1 Å². The fraction of sp³-hybridized carbons (Fsp3) is 0.300. The Morgan fingerprint density at radius 3 is 2.85 bits per heavy atom. The second-order valence-corrected chi connectivity index (χ2v) is 6.14. The van der Waals surface area contributed by atoms with E-state index in [-0.39, 0.29) is 19.3 Å². The third-order valence-corrected chi connectivity index (χ3v) is 3.80. The average Bonchev–Trinajstić information content (AvgIpc) is 3.47. The van der Waals surface area contributed by atoms with E-state index in [1.807, 2.05) is 24.3 Å². The monoisotopic (exact) mass is 371 g/mol. The molecule has 7 nitrogen and oxygen atoms in total. The van der Waals surface area contributed by atoms with Gasteiger partial charge in [0, 0.05) is 11.0 Å². The minimum absolute atomic E-state index is 0.0456. The van der Waals surface area contributed by atoms with E-state index in [2.05, 4.69) is 11.9 Å². The zero-order chi connectivity index (χ0) is 19.2. The number of ether oxygens (including phenoxy) is 4. The van der Waals surface area contributed by atoms with Gasteiger partial charge in [-0.3, -0.25) is 0 Å². The van der Waals surface area contributed by atoms with Crippen molar-refractivity contribution in [2.24, 2.45) is 0 Å². The van der Waals surface area contributed by atoms with Crippen LogP contribution in [-0.4, -0.2) is 44.5 Å². The summed E-state index contributed by atoms with van der Waals surface area (Å²) < 4.78 is 21.1. The number of nitrogens with one attached hydrogen (secondary N) is 1. The SMILES string of the molecule is C=C(C)C(=O)OCCNC(=O)Oc1ccc2c(OCC3CO3)cccc2c1. The van der Waals surface area contributed by atoms with Crippen LogP contribution in [0.25, 0.3) is 10.8 Å². The first-order chi connectivity index (χ1) is 13.0. The maximum absolute atomic E-state index is 11.8. The number of fused-ring (bicyclic) bond motifs is 1. The number of hydrogen-bond acceptors (Lipinski definition) is 6. The van der Waals surface area contributed by atoms with Crippen molar-refractivity contribution in [3.05, 3.63) is 48.6 Å². The summed E-state index contributed by atoms with van der Waals surface area (Å²) in [5, 5.41) is 4.34. The molecule has 0 bridgehead atoms. The highest BCUT2D eigenvalue weighted by Gasteiger charge is 2.23. The zero-order valence-corrected chi connectivity index (χ0v) is 15.0. The number of hydrogen-bond donors (Lipinski definition) is 1. The third-order valence-electron chi connectivity index (χ3n) is 3.80. The van der Waals surface area contributed by atoms with E-state index < -0.39 is 12.1 Å². The number of amides is 1. The second-order valence-electron chi connectivity index (χ2n) is 6.14. The highest BCUT2D eigenvalue weighted by atomic mass is 16.6. The van der Waals surface area contributed by atoms with Gasteiger partial charge < -0.3 is 24.3 Å². The Labute approximate surface area is 156 Å². The first kappa shape index (κ1) is 18.7. The Morgan fingerprint density at radius 1 is 1.30 bits per heavy atom. The summed E-state index contributed by atoms with van der Waals surface area (Å²) in [6, 6.07) is 11.0. The van der Waals surface area contributed by atoms with Gasteiger partial charge in [0.05, 0.1) is 13.2 Å². The van der Waals surface area contributed by atoms with E-state index >= 15 is 0 Å². The van der Waals surface area contributed by atoms with E-state index in [0.717, 1.165) is 23.1 Å². The van der Waals surface area contributed by atoms with Crippen LogP contribution in [0.2, 0.25) is 0 Å². The third kappa shape index (κ3) is 5.46. The quantitative estimate of drug-likeness (QED) is 0.332. The molecule has 1 aliphatic heterocycles. The molecule has 0 aromatic heterocycles. The molecule has 0 saturated carbocycles. The lowest BCUT2D eigenvalue weighted by molar-refractivity contribution is -0.138. The molecule has 1 unspecified atom stereocenters. The molecule has 1 amide bonds. The van der Waals surface area contributed by atoms with E-state index in [4.69, 9.17) is 18.9 Å². The van der Waals surface area contributed by atoms with Crippen LogP contribution in [0.4, 0.5) is 4.79 Å². The lowest BCUT2D eigenvalue weighted by Gasteiger charge is -2.10. The zero-order valence-electron chi connectivity index (χ0n) is 15.0. The van der Waals surface area contributed by atoms with Gasteiger partial charge in [-0.25, -0.2) is 9.59 Å². The molecule has 2 aromatic rings. The molecule has 1 atom stereocenters. The van der Waals surface area contributed by atoms with Gasteiger partial charge in [-0.05, 0) is 36.6 Å². The van der Waals surface area contributed by atoms with E-state index in [0.29, 0.717) is 17.9 Å². The number of epoxide rings is 1. The summed E-state index contributed by atoms with van der Waals surface area (Å²) in [5.74, 6) is 0.672. The van der Waals surface area contributed by atoms with Crippen LogP contribution in [0.1, 0.15) is 6.92 Å². The van der Waals surface area contributed by atoms with Gasteiger partial charge >= 0.3 is 12.1 Å². The Hall–Kier alpha value is -3.06. The highest BCUT2D eigenvalue weighted by Crippen LogP contribution is 2.29. The predicted molar refractivity (Wildman–Crippen MR) is 99.0 cm³/mol. The number of esters is 1. The van der Waals surface area contributed by atoms with Gasteiger partial charge in [-0.15, -0.1) is 0 Å². The van der Waals surface area contributed by atoms with Crippen molar-refractivity contribution >= 4 is 22.8 Å². The van der Waals surface area contributed by atoms with Gasteiger partial charge in [0.1, 0.15) is 30.8 Å². The lowest BCUT2D eigenvalue weighted by atomic mass is 10.1. The molecule has 0 spiro atoms. The maximum Gasteiger partial charge on any atom is 0.412 e. The Morgan fingerprint density at radius 2 is 2.11 bits per heavy atom. The number of carbonyl (C=O) groups excluding carboxylic acids is 2. The van der Waals surface area contributed by atoms with Crippen molar-refractivity contribution in [2.75, 3.05) is 26.4 Å². The minimum atomic E-state index is -0.626. The van der Waals surface area contributed by atoms with Crippen molar-refractivity contribution < 1.29 is 28.5 Å². The molecule has 7 heteroatoms. The van der Waals surface area contributed by atoms with Gasteiger partial charge in [0.2, 0.25) is 0 Å². The van der Waals surface area contributed by atoms with Crippen molar-refractivity contribution in [2.45, 2.75) is 13.0 Å². The number of benzene rings is 2. The fourth-order valence-electron chi connectivity index (χ4n) is 2.33. The summed E-state index contributed by atoms with van der Waals surface area (Å²) in [4.78, 5) is 23.1. The first-order valence-electron chi connectivity index (χ1n) is 8.58. The first-order valence-corrected chi connectivity index (χ1v) is 8.58. The molecule has 1 saturated heterocycles. The summed E-state index contributed by atoms with van der Waals surface area (Å²) in [7, 11) is 0. The van der Waals surface area contributed by atoms with Crippen LogP contribution in [0.15, 0.2) is 48.6 Å². The van der Waals surface area contributed by atoms with Crippen molar-refractivity contribution in [3.8, 4) is 11.5 Å². The topological polar surface area (TPSA) is 86.4 Å². The van der Waals surface area contributed by atoms with Crippen molar-refractivity contribution in [1.29, 1.82) is 0 Å². The molecular formula is C20H21NO6. The Bertz CT molecular complexity index is 859. The van der Waals surface area contributed by atoms with Crippen LogP contribution in [0.5, 0.6) is 11.5 Å². The summed E-state index contributed by atoms with van der Waals surface area (Å²) in [6.07, 6.45) is -0.444. The van der Waals surface area contributed by atoms with Gasteiger partial charge in [-0.1, -0.05) is 18.7 Å². The van der Waals surface area contributed by atoms with Crippen molar-refractivity contribution in [3.63, 3.8) is 0 Å². The van der Waals surface area contributed by atoms with Crippen molar-refractivity contribution in [1.82, 2.24) is 5.32 Å². The average molecular weight is 371 g/mol. The Kier molecular flexibility index (Phi) is 5.93. The van der Waals surface area contributed by atoms with Crippen LogP contribution < -0.4 is 14.8 Å². The Balaban J connectivity index is 1.53. The molecule has 1 N–H and O–H groups in total. The van der Waals surface area contributed by atoms with E-state index in [1.165, 1.54) is 0 Å².